The van der Waals surface area contributed by atoms with E-state index >= 15 is 0 Å². The summed E-state index contributed by atoms with van der Waals surface area (Å²) < 4.78 is 12.1. The number of fused-ring (bicyclic) bond motifs is 1. The summed E-state index contributed by atoms with van der Waals surface area (Å²) in [7, 11) is 0. The van der Waals surface area contributed by atoms with E-state index in [-0.39, 0.29) is 18.7 Å². The minimum Gasteiger partial charge on any atom is -0.488 e. The summed E-state index contributed by atoms with van der Waals surface area (Å²) in [4.78, 5) is 17.3. The summed E-state index contributed by atoms with van der Waals surface area (Å²) in [6.07, 6.45) is 4.31. The summed E-state index contributed by atoms with van der Waals surface area (Å²) in [6.45, 7) is 2.24. The monoisotopic (exact) mass is 426 g/mol. The van der Waals surface area contributed by atoms with E-state index in [0.717, 1.165) is 41.7 Å². The van der Waals surface area contributed by atoms with Gasteiger partial charge in [0.15, 0.2) is 6.73 Å². The van der Waals surface area contributed by atoms with Crippen LogP contribution in [0.5, 0.6) is 11.5 Å². The molecule has 1 saturated carbocycles. The molecule has 3 aromatic carbocycles. The van der Waals surface area contributed by atoms with Gasteiger partial charge in [-0.15, -0.1) is 0 Å². The highest BCUT2D eigenvalue weighted by molar-refractivity contribution is 6.09. The number of anilines is 1. The molecule has 1 saturated heterocycles. The molecule has 6 rings (SSSR count). The van der Waals surface area contributed by atoms with Crippen molar-refractivity contribution in [1.29, 1.82) is 0 Å². The first kappa shape index (κ1) is 19.4. The zero-order chi connectivity index (χ0) is 21.5. The number of likely N-dealkylation sites (tertiary alicyclic amines) is 1. The Bertz CT molecular complexity index is 1120. The second kappa shape index (κ2) is 7.99. The van der Waals surface area contributed by atoms with Crippen molar-refractivity contribution < 1.29 is 14.3 Å². The Morgan fingerprint density at radius 3 is 2.38 bits per heavy atom. The van der Waals surface area contributed by atoms with E-state index in [2.05, 4.69) is 17.0 Å². The molecule has 0 spiro atoms. The van der Waals surface area contributed by atoms with E-state index < -0.39 is 0 Å². The van der Waals surface area contributed by atoms with Gasteiger partial charge in [0.05, 0.1) is 5.56 Å². The second-order valence-electron chi connectivity index (χ2n) is 8.86. The van der Waals surface area contributed by atoms with Crippen molar-refractivity contribution in [2.45, 2.75) is 31.4 Å². The third kappa shape index (κ3) is 3.53. The molecule has 0 radical (unpaired) electrons. The Hall–Kier alpha value is -3.31. The van der Waals surface area contributed by atoms with Gasteiger partial charge in [-0.3, -0.25) is 14.6 Å². The molecular formula is C27H26N2O3. The number of hydrogen-bond acceptors (Lipinski definition) is 4. The van der Waals surface area contributed by atoms with E-state index in [9.17, 15) is 4.79 Å². The number of carbonyl (C=O) groups is 1. The van der Waals surface area contributed by atoms with Crippen LogP contribution in [0.15, 0.2) is 72.8 Å². The zero-order valence-corrected chi connectivity index (χ0v) is 17.9. The fraction of sp³-hybridized carbons (Fsp3) is 0.296. The summed E-state index contributed by atoms with van der Waals surface area (Å²) in [5.41, 5.74) is 3.54. The van der Waals surface area contributed by atoms with Gasteiger partial charge < -0.3 is 9.47 Å². The highest BCUT2D eigenvalue weighted by atomic mass is 16.5. The van der Waals surface area contributed by atoms with Crippen LogP contribution in [0.3, 0.4) is 0 Å². The van der Waals surface area contributed by atoms with Crippen LogP contribution < -0.4 is 14.4 Å². The highest BCUT2D eigenvalue weighted by Crippen LogP contribution is 2.34. The Balaban J connectivity index is 1.12. The Kier molecular flexibility index (Phi) is 4.84. The van der Waals surface area contributed by atoms with Crippen LogP contribution in [0, 0.1) is 0 Å². The molecule has 1 aliphatic carbocycles. The average molecular weight is 427 g/mol. The van der Waals surface area contributed by atoms with E-state index in [1.165, 1.54) is 19.3 Å². The lowest BCUT2D eigenvalue weighted by Crippen LogP contribution is -2.59. The van der Waals surface area contributed by atoms with Crippen molar-refractivity contribution in [3.63, 3.8) is 0 Å². The molecule has 2 fully saturated rings. The number of hydrogen-bond donors (Lipinski definition) is 0. The number of rotatable bonds is 5. The molecule has 32 heavy (non-hydrogen) atoms. The maximum absolute atomic E-state index is 13.1. The van der Waals surface area contributed by atoms with E-state index in [0.29, 0.717) is 11.3 Å². The van der Waals surface area contributed by atoms with E-state index in [4.69, 9.17) is 9.47 Å². The van der Waals surface area contributed by atoms with Gasteiger partial charge in [-0.1, -0.05) is 42.8 Å². The SMILES string of the molecule is O=C1c2ccc(-c3ccccc3)cc2OCN1c1ccc(OC2CN(C3CCC3)C2)cc1. The number of benzene rings is 3. The van der Waals surface area contributed by atoms with Gasteiger partial charge in [-0.05, 0) is 60.4 Å². The lowest BCUT2D eigenvalue weighted by atomic mass is 9.89. The quantitative estimate of drug-likeness (QED) is 0.578. The zero-order valence-electron chi connectivity index (χ0n) is 17.9. The molecule has 1 amide bonds. The number of amides is 1. The van der Waals surface area contributed by atoms with Crippen LogP contribution in [-0.2, 0) is 0 Å². The molecule has 2 aliphatic heterocycles. The van der Waals surface area contributed by atoms with Crippen molar-refractivity contribution in [3.05, 3.63) is 78.4 Å². The van der Waals surface area contributed by atoms with Crippen molar-refractivity contribution >= 4 is 11.6 Å². The lowest BCUT2D eigenvalue weighted by Gasteiger charge is -2.47. The molecule has 162 valence electrons. The van der Waals surface area contributed by atoms with Gasteiger partial charge in [0.2, 0.25) is 0 Å². The minimum atomic E-state index is -0.0466. The normalized spacial score (nSPS) is 19.0. The predicted molar refractivity (Wildman–Crippen MR) is 124 cm³/mol. The molecule has 0 bridgehead atoms. The van der Waals surface area contributed by atoms with Gasteiger partial charge in [-0.2, -0.15) is 0 Å². The third-order valence-corrected chi connectivity index (χ3v) is 6.83. The first-order valence-electron chi connectivity index (χ1n) is 11.4. The topological polar surface area (TPSA) is 42.0 Å². The van der Waals surface area contributed by atoms with Crippen LogP contribution >= 0.6 is 0 Å². The van der Waals surface area contributed by atoms with Crippen LogP contribution in [0.1, 0.15) is 29.6 Å². The molecule has 0 N–H and O–H groups in total. The standard InChI is InChI=1S/C27H26N2O3/c30-27-25-14-9-20(19-5-2-1-3-6-19)15-26(25)31-18-29(27)22-10-12-23(13-11-22)32-24-16-28(17-24)21-7-4-8-21/h1-3,5-6,9-15,21,24H,4,7-8,16-18H2. The first-order chi connectivity index (χ1) is 15.7. The summed E-state index contributed by atoms with van der Waals surface area (Å²) >= 11 is 0. The van der Waals surface area contributed by atoms with Gasteiger partial charge >= 0.3 is 0 Å². The first-order valence-corrected chi connectivity index (χ1v) is 11.4. The largest absolute Gasteiger partial charge is 0.488 e. The average Bonchev–Trinajstić information content (AvgIpc) is 2.78. The maximum atomic E-state index is 13.1. The van der Waals surface area contributed by atoms with Crippen molar-refractivity contribution in [2.75, 3.05) is 24.7 Å². The van der Waals surface area contributed by atoms with E-state index in [1.807, 2.05) is 60.7 Å². The van der Waals surface area contributed by atoms with Gasteiger partial charge in [0, 0.05) is 24.8 Å². The highest BCUT2D eigenvalue weighted by Gasteiger charge is 2.36. The summed E-state index contributed by atoms with van der Waals surface area (Å²) in [5.74, 6) is 1.44. The maximum Gasteiger partial charge on any atom is 0.264 e. The Morgan fingerprint density at radius 1 is 0.875 bits per heavy atom. The third-order valence-electron chi connectivity index (χ3n) is 6.83. The van der Waals surface area contributed by atoms with Crippen molar-refractivity contribution in [2.24, 2.45) is 0 Å². The summed E-state index contributed by atoms with van der Waals surface area (Å²) in [5, 5.41) is 0. The number of carbonyl (C=O) groups excluding carboxylic acids is 1. The molecule has 3 aromatic rings. The molecule has 5 nitrogen and oxygen atoms in total. The molecular weight excluding hydrogens is 400 g/mol. The van der Waals surface area contributed by atoms with Crippen molar-refractivity contribution in [3.8, 4) is 22.6 Å². The predicted octanol–water partition coefficient (Wildman–Crippen LogP) is 4.97. The molecule has 3 aliphatic rings. The molecule has 5 heteroatoms. The van der Waals surface area contributed by atoms with Crippen LogP contribution in [-0.4, -0.2) is 42.8 Å². The molecule has 0 atom stereocenters. The van der Waals surface area contributed by atoms with Crippen molar-refractivity contribution in [1.82, 2.24) is 4.90 Å². The van der Waals surface area contributed by atoms with Crippen LogP contribution in [0.2, 0.25) is 0 Å². The molecule has 0 unspecified atom stereocenters. The van der Waals surface area contributed by atoms with Gasteiger partial charge in [-0.25, -0.2) is 0 Å². The number of nitrogens with zero attached hydrogens (tertiary/aromatic N) is 2. The van der Waals surface area contributed by atoms with Crippen LogP contribution in [0.4, 0.5) is 5.69 Å². The lowest BCUT2D eigenvalue weighted by molar-refractivity contribution is -0.0308. The smallest absolute Gasteiger partial charge is 0.264 e. The van der Waals surface area contributed by atoms with Gasteiger partial charge in [0.1, 0.15) is 17.6 Å². The Morgan fingerprint density at radius 2 is 1.66 bits per heavy atom. The Labute approximate surface area is 188 Å². The fourth-order valence-electron chi connectivity index (χ4n) is 4.65. The molecule has 0 aromatic heterocycles. The van der Waals surface area contributed by atoms with Crippen LogP contribution in [0.25, 0.3) is 11.1 Å². The summed E-state index contributed by atoms with van der Waals surface area (Å²) in [6, 6.07) is 24.4. The number of ether oxygens (including phenoxy) is 2. The van der Waals surface area contributed by atoms with Gasteiger partial charge in [0.25, 0.3) is 5.91 Å². The fourth-order valence-corrected chi connectivity index (χ4v) is 4.65. The second-order valence-corrected chi connectivity index (χ2v) is 8.86. The molecule has 2 heterocycles. The minimum absolute atomic E-state index is 0.0466. The van der Waals surface area contributed by atoms with E-state index in [1.54, 1.807) is 4.90 Å².